The molecule has 1 aromatic rings. The van der Waals surface area contributed by atoms with Crippen molar-refractivity contribution in [2.75, 3.05) is 11.4 Å². The number of aryl methyl sites for hydroxylation is 1. The zero-order valence-corrected chi connectivity index (χ0v) is 9.04. The van der Waals surface area contributed by atoms with Crippen molar-refractivity contribution in [2.45, 2.75) is 25.5 Å². The number of carbonyl (C=O) groups excluding carboxylic acids is 1. The van der Waals surface area contributed by atoms with Crippen LogP contribution in [0.1, 0.15) is 17.7 Å². The van der Waals surface area contributed by atoms with E-state index < -0.39 is 0 Å². The van der Waals surface area contributed by atoms with Gasteiger partial charge >= 0.3 is 0 Å². The van der Waals surface area contributed by atoms with E-state index in [1.807, 2.05) is 13.8 Å². The molecule has 1 aliphatic heterocycles. The highest BCUT2D eigenvalue weighted by Gasteiger charge is 2.32. The SMILES string of the molecule is Cc1noc(N2CC(S)CC2=O)c1C. The summed E-state index contributed by atoms with van der Waals surface area (Å²) in [7, 11) is 0. The zero-order valence-electron chi connectivity index (χ0n) is 8.15. The quantitative estimate of drug-likeness (QED) is 0.714. The van der Waals surface area contributed by atoms with Crippen molar-refractivity contribution >= 4 is 24.4 Å². The summed E-state index contributed by atoms with van der Waals surface area (Å²) in [5.74, 6) is 0.633. The van der Waals surface area contributed by atoms with Crippen molar-refractivity contribution in [1.29, 1.82) is 0 Å². The van der Waals surface area contributed by atoms with Gasteiger partial charge in [-0.25, -0.2) is 0 Å². The highest BCUT2D eigenvalue weighted by Crippen LogP contribution is 2.28. The number of anilines is 1. The van der Waals surface area contributed by atoms with Gasteiger partial charge < -0.3 is 4.52 Å². The first-order valence-corrected chi connectivity index (χ1v) is 5.02. The van der Waals surface area contributed by atoms with E-state index in [9.17, 15) is 4.79 Å². The lowest BCUT2D eigenvalue weighted by Gasteiger charge is -2.11. The minimum Gasteiger partial charge on any atom is -0.338 e. The summed E-state index contributed by atoms with van der Waals surface area (Å²) < 4.78 is 5.12. The summed E-state index contributed by atoms with van der Waals surface area (Å²) >= 11 is 4.28. The van der Waals surface area contributed by atoms with Gasteiger partial charge in [0.25, 0.3) is 0 Å². The van der Waals surface area contributed by atoms with E-state index in [0.29, 0.717) is 18.8 Å². The Bertz CT molecular complexity index is 375. The Morgan fingerprint density at radius 3 is 2.71 bits per heavy atom. The first-order chi connectivity index (χ1) is 6.59. The Hall–Kier alpha value is -0.970. The van der Waals surface area contributed by atoms with Gasteiger partial charge in [0, 0.05) is 23.8 Å². The van der Waals surface area contributed by atoms with E-state index in [0.717, 1.165) is 11.3 Å². The molecule has 0 saturated carbocycles. The van der Waals surface area contributed by atoms with Gasteiger partial charge in [0.05, 0.1) is 5.69 Å². The largest absolute Gasteiger partial charge is 0.338 e. The lowest BCUT2D eigenvalue weighted by Crippen LogP contribution is -2.24. The van der Waals surface area contributed by atoms with Crippen LogP contribution in [0.25, 0.3) is 0 Å². The smallest absolute Gasteiger partial charge is 0.237 e. The van der Waals surface area contributed by atoms with Crippen LogP contribution in [0.3, 0.4) is 0 Å². The molecule has 5 heteroatoms. The minimum absolute atomic E-state index is 0.0595. The van der Waals surface area contributed by atoms with E-state index in [1.165, 1.54) is 0 Å². The van der Waals surface area contributed by atoms with Gasteiger partial charge in [0.15, 0.2) is 0 Å². The maximum atomic E-state index is 11.5. The molecule has 2 rings (SSSR count). The molecule has 0 radical (unpaired) electrons. The molecular formula is C9H12N2O2S. The van der Waals surface area contributed by atoms with E-state index in [1.54, 1.807) is 4.90 Å². The second-order valence-corrected chi connectivity index (χ2v) is 4.29. The third kappa shape index (κ3) is 1.41. The van der Waals surface area contributed by atoms with Crippen LogP contribution < -0.4 is 4.90 Å². The van der Waals surface area contributed by atoms with Crippen molar-refractivity contribution in [2.24, 2.45) is 0 Å². The Morgan fingerprint density at radius 2 is 2.29 bits per heavy atom. The second kappa shape index (κ2) is 3.31. The number of amides is 1. The first kappa shape index (κ1) is 9.58. The fourth-order valence-electron chi connectivity index (χ4n) is 1.54. The number of hydrogen-bond donors (Lipinski definition) is 1. The molecule has 1 atom stereocenters. The molecule has 76 valence electrons. The molecule has 0 spiro atoms. The molecule has 0 aliphatic carbocycles. The van der Waals surface area contributed by atoms with Crippen molar-refractivity contribution < 1.29 is 9.32 Å². The molecule has 1 amide bonds. The Kier molecular flexibility index (Phi) is 2.26. The lowest BCUT2D eigenvalue weighted by molar-refractivity contribution is -0.117. The van der Waals surface area contributed by atoms with Crippen LogP contribution in [0.4, 0.5) is 5.88 Å². The van der Waals surface area contributed by atoms with Gasteiger partial charge in [-0.2, -0.15) is 12.6 Å². The third-order valence-electron chi connectivity index (χ3n) is 2.48. The molecule has 1 aromatic heterocycles. The van der Waals surface area contributed by atoms with E-state index in [-0.39, 0.29) is 11.2 Å². The Morgan fingerprint density at radius 1 is 1.57 bits per heavy atom. The predicted octanol–water partition coefficient (Wildman–Crippen LogP) is 1.33. The molecule has 1 fully saturated rings. The standard InChI is InChI=1S/C9H12N2O2S/c1-5-6(2)10-13-9(5)11-4-7(14)3-8(11)12/h7,14H,3-4H2,1-2H3. The number of thiol groups is 1. The van der Waals surface area contributed by atoms with Gasteiger partial charge in [-0.3, -0.25) is 9.69 Å². The molecule has 1 saturated heterocycles. The van der Waals surface area contributed by atoms with E-state index in [4.69, 9.17) is 4.52 Å². The fraction of sp³-hybridized carbons (Fsp3) is 0.556. The van der Waals surface area contributed by atoms with Crippen molar-refractivity contribution in [3.63, 3.8) is 0 Å². The molecular weight excluding hydrogens is 200 g/mol. The molecule has 1 unspecified atom stereocenters. The monoisotopic (exact) mass is 212 g/mol. The van der Waals surface area contributed by atoms with Crippen LogP contribution >= 0.6 is 12.6 Å². The summed E-state index contributed by atoms with van der Waals surface area (Å²) in [5.41, 5.74) is 1.76. The van der Waals surface area contributed by atoms with Gasteiger partial charge in [-0.1, -0.05) is 5.16 Å². The maximum absolute atomic E-state index is 11.5. The number of aromatic nitrogens is 1. The van der Waals surface area contributed by atoms with Crippen molar-refractivity contribution in [1.82, 2.24) is 5.16 Å². The molecule has 14 heavy (non-hydrogen) atoms. The van der Waals surface area contributed by atoms with Gasteiger partial charge in [0.1, 0.15) is 0 Å². The second-order valence-electron chi connectivity index (χ2n) is 3.56. The molecule has 0 N–H and O–H groups in total. The average molecular weight is 212 g/mol. The summed E-state index contributed by atoms with van der Waals surface area (Å²) in [6.07, 6.45) is 0.475. The number of hydrogen-bond acceptors (Lipinski definition) is 4. The van der Waals surface area contributed by atoms with Crippen LogP contribution in [0.5, 0.6) is 0 Å². The number of nitrogens with zero attached hydrogens (tertiary/aromatic N) is 2. The Balaban J connectivity index is 2.32. The van der Waals surface area contributed by atoms with Gasteiger partial charge in [0.2, 0.25) is 11.8 Å². The highest BCUT2D eigenvalue weighted by atomic mass is 32.1. The van der Waals surface area contributed by atoms with E-state index in [2.05, 4.69) is 17.8 Å². The first-order valence-electron chi connectivity index (χ1n) is 4.51. The zero-order chi connectivity index (χ0) is 10.3. The molecule has 0 aromatic carbocycles. The van der Waals surface area contributed by atoms with Crippen molar-refractivity contribution in [3.05, 3.63) is 11.3 Å². The summed E-state index contributed by atoms with van der Waals surface area (Å²) in [6.45, 7) is 4.37. The van der Waals surface area contributed by atoms with Crippen LogP contribution in [-0.4, -0.2) is 22.9 Å². The maximum Gasteiger partial charge on any atom is 0.237 e. The van der Waals surface area contributed by atoms with Crippen LogP contribution in [0, 0.1) is 13.8 Å². The summed E-state index contributed by atoms with van der Waals surface area (Å²) in [6, 6.07) is 0. The predicted molar refractivity (Wildman–Crippen MR) is 55.7 cm³/mol. The lowest BCUT2D eigenvalue weighted by atomic mass is 10.3. The summed E-state index contributed by atoms with van der Waals surface area (Å²) in [4.78, 5) is 13.2. The van der Waals surface area contributed by atoms with Crippen LogP contribution in [0.2, 0.25) is 0 Å². The summed E-state index contributed by atoms with van der Waals surface area (Å²) in [5, 5.41) is 3.93. The van der Waals surface area contributed by atoms with E-state index >= 15 is 0 Å². The van der Waals surface area contributed by atoms with Crippen LogP contribution in [0.15, 0.2) is 4.52 Å². The molecule has 0 bridgehead atoms. The van der Waals surface area contributed by atoms with Crippen molar-refractivity contribution in [3.8, 4) is 0 Å². The molecule has 2 heterocycles. The topological polar surface area (TPSA) is 46.3 Å². The Labute approximate surface area is 87.7 Å². The number of carbonyl (C=O) groups is 1. The normalized spacial score (nSPS) is 22.1. The molecule has 1 aliphatic rings. The van der Waals surface area contributed by atoms with Gasteiger partial charge in [-0.15, -0.1) is 0 Å². The minimum atomic E-state index is 0.0595. The number of rotatable bonds is 1. The van der Waals surface area contributed by atoms with Crippen LogP contribution in [-0.2, 0) is 4.79 Å². The van der Waals surface area contributed by atoms with Gasteiger partial charge in [-0.05, 0) is 13.8 Å². The molecule has 4 nitrogen and oxygen atoms in total. The third-order valence-corrected chi connectivity index (χ3v) is 2.83. The highest BCUT2D eigenvalue weighted by molar-refractivity contribution is 7.81. The fourth-order valence-corrected chi connectivity index (χ4v) is 1.86. The average Bonchev–Trinajstić information content (AvgIpc) is 2.59.